The van der Waals surface area contributed by atoms with Gasteiger partial charge in [0.05, 0.1) is 36.5 Å². The van der Waals surface area contributed by atoms with E-state index in [1.54, 1.807) is 0 Å². The van der Waals surface area contributed by atoms with Crippen LogP contribution >= 0.6 is 23.2 Å². The van der Waals surface area contributed by atoms with Gasteiger partial charge in [-0.1, -0.05) is 23.2 Å². The van der Waals surface area contributed by atoms with Crippen molar-refractivity contribution in [1.29, 1.82) is 0 Å². The molecule has 10 heteroatoms. The highest BCUT2D eigenvalue weighted by Crippen LogP contribution is 2.34. The monoisotopic (exact) mass is 414 g/mol. The summed E-state index contributed by atoms with van der Waals surface area (Å²) in [5, 5.41) is 33.8. The molecule has 0 fully saturated rings. The van der Waals surface area contributed by atoms with Gasteiger partial charge in [0.1, 0.15) is 24.4 Å². The zero-order valence-corrected chi connectivity index (χ0v) is 16.2. The molecule has 2 atom stereocenters. The standard InChI is InChI=1S/C13H16Cl2O5.C3H8O3/c1-7(16)10(18-2)6-20-13(17)11-8(14)4-5-9(15)12(11)19-3;4-1-3(6)2-5/h4-5,7,10,16H,6H2,1-3H3;3-6H,1-2H2. The van der Waals surface area contributed by atoms with Crippen molar-refractivity contribution in [2.45, 2.75) is 25.2 Å². The molecule has 1 aromatic carbocycles. The first-order valence-electron chi connectivity index (χ1n) is 7.53. The van der Waals surface area contributed by atoms with Crippen molar-refractivity contribution in [3.8, 4) is 5.75 Å². The third kappa shape index (κ3) is 8.05. The van der Waals surface area contributed by atoms with Crippen LogP contribution in [0.4, 0.5) is 0 Å². The van der Waals surface area contributed by atoms with Gasteiger partial charge in [0.2, 0.25) is 0 Å². The van der Waals surface area contributed by atoms with Crippen molar-refractivity contribution in [2.75, 3.05) is 34.0 Å². The molecule has 0 saturated carbocycles. The van der Waals surface area contributed by atoms with E-state index in [2.05, 4.69) is 0 Å². The molecular weight excluding hydrogens is 391 g/mol. The average molecular weight is 415 g/mol. The molecule has 1 rings (SSSR count). The smallest absolute Gasteiger partial charge is 0.343 e. The number of benzene rings is 1. The van der Waals surface area contributed by atoms with Gasteiger partial charge in [0.25, 0.3) is 0 Å². The van der Waals surface area contributed by atoms with Crippen molar-refractivity contribution in [2.24, 2.45) is 0 Å². The molecule has 0 saturated heterocycles. The molecule has 0 amide bonds. The lowest BCUT2D eigenvalue weighted by atomic mass is 10.2. The number of carbonyl (C=O) groups is 1. The Kier molecular flexibility index (Phi) is 12.5. The summed E-state index contributed by atoms with van der Waals surface area (Å²) in [5.41, 5.74) is 0.0436. The second-order valence-electron chi connectivity index (χ2n) is 5.07. The fourth-order valence-corrected chi connectivity index (χ4v) is 2.08. The van der Waals surface area contributed by atoms with Gasteiger partial charge >= 0.3 is 5.97 Å². The first kappa shape index (κ1) is 24.9. The molecule has 26 heavy (non-hydrogen) atoms. The lowest BCUT2D eigenvalue weighted by Crippen LogP contribution is -2.31. The van der Waals surface area contributed by atoms with E-state index < -0.39 is 24.3 Å². The first-order valence-corrected chi connectivity index (χ1v) is 8.28. The number of hydrogen-bond acceptors (Lipinski definition) is 8. The Balaban J connectivity index is 0.000000896. The maximum absolute atomic E-state index is 12.1. The van der Waals surface area contributed by atoms with E-state index in [-0.39, 0.29) is 41.2 Å². The number of methoxy groups -OCH3 is 2. The van der Waals surface area contributed by atoms with Crippen LogP contribution in [0.1, 0.15) is 17.3 Å². The largest absolute Gasteiger partial charge is 0.494 e. The number of aliphatic hydroxyl groups is 4. The van der Waals surface area contributed by atoms with E-state index >= 15 is 0 Å². The number of halogens is 2. The lowest BCUT2D eigenvalue weighted by Gasteiger charge is -2.18. The fraction of sp³-hybridized carbons (Fsp3) is 0.562. The summed E-state index contributed by atoms with van der Waals surface area (Å²) in [5.74, 6) is -0.549. The number of hydrogen-bond donors (Lipinski definition) is 4. The predicted molar refractivity (Wildman–Crippen MR) is 96.0 cm³/mol. The molecule has 0 heterocycles. The molecular formula is C16H24Cl2O8. The number of rotatable bonds is 8. The van der Waals surface area contributed by atoms with Crippen LogP contribution in [-0.2, 0) is 9.47 Å². The molecule has 150 valence electrons. The minimum Gasteiger partial charge on any atom is -0.494 e. The van der Waals surface area contributed by atoms with Crippen LogP contribution in [0, 0.1) is 0 Å². The average Bonchev–Trinajstić information content (AvgIpc) is 2.63. The molecule has 4 N–H and O–H groups in total. The topological polar surface area (TPSA) is 126 Å². The Morgan fingerprint density at radius 3 is 2.04 bits per heavy atom. The third-order valence-electron chi connectivity index (χ3n) is 3.11. The van der Waals surface area contributed by atoms with Crippen LogP contribution in [-0.4, -0.2) is 78.7 Å². The van der Waals surface area contributed by atoms with Crippen LogP contribution in [0.25, 0.3) is 0 Å². The second kappa shape index (κ2) is 13.1. The normalized spacial score (nSPS) is 12.8. The van der Waals surface area contributed by atoms with Gasteiger partial charge in [-0.15, -0.1) is 0 Å². The molecule has 8 nitrogen and oxygen atoms in total. The lowest BCUT2D eigenvalue weighted by molar-refractivity contribution is -0.0424. The molecule has 1 aromatic rings. The Labute approximate surface area is 161 Å². The highest BCUT2D eigenvalue weighted by atomic mass is 35.5. The van der Waals surface area contributed by atoms with Crippen LogP contribution in [0.15, 0.2) is 12.1 Å². The van der Waals surface area contributed by atoms with Crippen molar-refractivity contribution < 1.29 is 39.4 Å². The molecule has 0 bridgehead atoms. The minimum absolute atomic E-state index is 0.0436. The number of ether oxygens (including phenoxy) is 3. The first-order chi connectivity index (χ1) is 12.2. The maximum atomic E-state index is 12.1. The number of aliphatic hydroxyl groups excluding tert-OH is 4. The van der Waals surface area contributed by atoms with Crippen molar-refractivity contribution in [3.63, 3.8) is 0 Å². The Morgan fingerprint density at radius 1 is 1.12 bits per heavy atom. The molecule has 0 spiro atoms. The van der Waals surface area contributed by atoms with E-state index in [1.165, 1.54) is 33.3 Å². The Morgan fingerprint density at radius 2 is 1.65 bits per heavy atom. The summed E-state index contributed by atoms with van der Waals surface area (Å²) in [6, 6.07) is 3.00. The summed E-state index contributed by atoms with van der Waals surface area (Å²) in [6.07, 6.45) is -2.35. The summed E-state index contributed by atoms with van der Waals surface area (Å²) in [4.78, 5) is 12.1. The SMILES string of the molecule is COc1c(Cl)ccc(Cl)c1C(=O)OCC(OC)C(C)O.OCC(O)CO. The Bertz CT molecular complexity index is 549. The van der Waals surface area contributed by atoms with Gasteiger partial charge < -0.3 is 34.6 Å². The van der Waals surface area contributed by atoms with Gasteiger partial charge in [-0.25, -0.2) is 4.79 Å². The molecule has 0 aliphatic heterocycles. The minimum atomic E-state index is -0.954. The summed E-state index contributed by atoms with van der Waals surface area (Å²) in [7, 11) is 2.79. The van der Waals surface area contributed by atoms with Crippen molar-refractivity contribution in [3.05, 3.63) is 27.7 Å². The van der Waals surface area contributed by atoms with Crippen molar-refractivity contribution >= 4 is 29.2 Å². The van der Waals surface area contributed by atoms with Gasteiger partial charge in [-0.05, 0) is 19.1 Å². The zero-order valence-electron chi connectivity index (χ0n) is 14.7. The van der Waals surface area contributed by atoms with Crippen LogP contribution in [0.2, 0.25) is 10.0 Å². The third-order valence-corrected chi connectivity index (χ3v) is 3.72. The molecule has 0 aliphatic rings. The number of esters is 1. The van der Waals surface area contributed by atoms with E-state index in [1.807, 2.05) is 0 Å². The summed E-state index contributed by atoms with van der Waals surface area (Å²) in [6.45, 7) is 0.695. The quantitative estimate of drug-likeness (QED) is 0.462. The maximum Gasteiger partial charge on any atom is 0.343 e. The highest BCUT2D eigenvalue weighted by Gasteiger charge is 2.23. The van der Waals surface area contributed by atoms with Crippen LogP contribution < -0.4 is 4.74 Å². The fourth-order valence-electron chi connectivity index (χ4n) is 1.61. The van der Waals surface area contributed by atoms with Crippen LogP contribution in [0.3, 0.4) is 0 Å². The van der Waals surface area contributed by atoms with Gasteiger partial charge in [0, 0.05) is 7.11 Å². The number of carbonyl (C=O) groups excluding carboxylic acids is 1. The highest BCUT2D eigenvalue weighted by molar-refractivity contribution is 6.37. The molecule has 0 aliphatic carbocycles. The second-order valence-corrected chi connectivity index (χ2v) is 5.88. The molecule has 0 radical (unpaired) electrons. The van der Waals surface area contributed by atoms with Crippen molar-refractivity contribution in [1.82, 2.24) is 0 Å². The summed E-state index contributed by atoms with van der Waals surface area (Å²) < 4.78 is 15.1. The van der Waals surface area contributed by atoms with Gasteiger partial charge in [-0.2, -0.15) is 0 Å². The van der Waals surface area contributed by atoms with E-state index in [4.69, 9.17) is 52.7 Å². The molecule has 0 aromatic heterocycles. The van der Waals surface area contributed by atoms with E-state index in [0.29, 0.717) is 0 Å². The predicted octanol–water partition coefficient (Wildman–Crippen LogP) is 0.886. The summed E-state index contributed by atoms with van der Waals surface area (Å²) >= 11 is 11.9. The van der Waals surface area contributed by atoms with E-state index in [0.717, 1.165) is 0 Å². The van der Waals surface area contributed by atoms with E-state index in [9.17, 15) is 9.90 Å². The van der Waals surface area contributed by atoms with Crippen LogP contribution in [0.5, 0.6) is 5.75 Å². The zero-order chi connectivity index (χ0) is 20.3. The molecule has 2 unspecified atom stereocenters. The van der Waals surface area contributed by atoms with Gasteiger partial charge in [0.15, 0.2) is 5.75 Å². The van der Waals surface area contributed by atoms with Gasteiger partial charge in [-0.3, -0.25) is 0 Å². The Hall–Kier alpha value is -1.13.